The fraction of sp³-hybridized carbons (Fsp3) is 0.455. The highest BCUT2D eigenvalue weighted by molar-refractivity contribution is 7.91. The highest BCUT2D eigenvalue weighted by Crippen LogP contribution is 2.16. The minimum atomic E-state index is -3.29. The Kier molecular flexibility index (Phi) is 3.25. The molecule has 1 heterocycles. The Morgan fingerprint density at radius 1 is 1.31 bits per heavy atom. The van der Waals surface area contributed by atoms with Gasteiger partial charge in [-0.25, -0.2) is 12.8 Å². The Morgan fingerprint density at radius 2 is 2.00 bits per heavy atom. The van der Waals surface area contributed by atoms with Crippen molar-refractivity contribution in [2.75, 3.05) is 12.3 Å². The summed E-state index contributed by atoms with van der Waals surface area (Å²) in [6.07, 6.45) is 1.91. The van der Waals surface area contributed by atoms with Crippen molar-refractivity contribution < 1.29 is 12.8 Å². The maximum absolute atomic E-state index is 12.7. The third kappa shape index (κ3) is 2.59. The minimum Gasteiger partial charge on any atom is -0.313 e. The summed E-state index contributed by atoms with van der Waals surface area (Å²) in [6.45, 7) is 0.879. The summed E-state index contributed by atoms with van der Waals surface area (Å²) in [5.41, 5.74) is 0. The van der Waals surface area contributed by atoms with Gasteiger partial charge in [0.2, 0.25) is 0 Å². The van der Waals surface area contributed by atoms with Crippen molar-refractivity contribution in [3.63, 3.8) is 0 Å². The van der Waals surface area contributed by atoms with Crippen molar-refractivity contribution in [3.8, 4) is 0 Å². The number of nitrogens with one attached hydrogen (secondary N) is 1. The lowest BCUT2D eigenvalue weighted by Crippen LogP contribution is -2.29. The Morgan fingerprint density at radius 3 is 2.56 bits per heavy atom. The molecule has 5 heteroatoms. The van der Waals surface area contributed by atoms with Gasteiger partial charge in [0.15, 0.2) is 9.84 Å². The van der Waals surface area contributed by atoms with Crippen LogP contribution in [0.2, 0.25) is 0 Å². The fourth-order valence-electron chi connectivity index (χ4n) is 1.90. The molecule has 16 heavy (non-hydrogen) atoms. The van der Waals surface area contributed by atoms with Crippen LogP contribution in [-0.2, 0) is 9.84 Å². The zero-order valence-corrected chi connectivity index (χ0v) is 9.63. The van der Waals surface area contributed by atoms with Crippen molar-refractivity contribution in [2.24, 2.45) is 0 Å². The van der Waals surface area contributed by atoms with Crippen LogP contribution in [0.25, 0.3) is 0 Å². The number of benzene rings is 1. The number of sulfone groups is 1. The van der Waals surface area contributed by atoms with Gasteiger partial charge in [0.25, 0.3) is 0 Å². The molecule has 0 radical (unpaired) electrons. The lowest BCUT2D eigenvalue weighted by atomic mass is 10.3. The van der Waals surface area contributed by atoms with Crippen molar-refractivity contribution in [1.82, 2.24) is 5.32 Å². The van der Waals surface area contributed by atoms with Crippen LogP contribution in [0.15, 0.2) is 29.2 Å². The van der Waals surface area contributed by atoms with E-state index in [0.29, 0.717) is 0 Å². The second-order valence-electron chi connectivity index (χ2n) is 4.03. The van der Waals surface area contributed by atoms with Gasteiger partial charge < -0.3 is 5.32 Å². The Bertz CT molecular complexity index is 449. The van der Waals surface area contributed by atoms with Gasteiger partial charge in [0.05, 0.1) is 10.6 Å². The van der Waals surface area contributed by atoms with E-state index in [-0.39, 0.29) is 16.7 Å². The van der Waals surface area contributed by atoms with E-state index in [4.69, 9.17) is 0 Å². The quantitative estimate of drug-likeness (QED) is 0.815. The molecule has 0 bridgehead atoms. The van der Waals surface area contributed by atoms with E-state index in [1.165, 1.54) is 24.3 Å². The fourth-order valence-corrected chi connectivity index (χ4v) is 3.46. The normalized spacial score (nSPS) is 21.2. The van der Waals surface area contributed by atoms with Gasteiger partial charge in [-0.05, 0) is 43.7 Å². The molecule has 0 spiro atoms. The zero-order chi connectivity index (χ0) is 11.6. The van der Waals surface area contributed by atoms with Crippen molar-refractivity contribution in [3.05, 3.63) is 30.1 Å². The van der Waals surface area contributed by atoms with E-state index in [1.807, 2.05) is 0 Å². The molecule has 0 aliphatic carbocycles. The number of rotatable bonds is 3. The first-order chi connectivity index (χ1) is 7.58. The SMILES string of the molecule is O=S(=O)(CC1CCCN1)c1ccc(F)cc1. The molecule has 1 atom stereocenters. The Labute approximate surface area is 94.6 Å². The predicted molar refractivity (Wildman–Crippen MR) is 59.5 cm³/mol. The van der Waals surface area contributed by atoms with Crippen LogP contribution in [0.1, 0.15) is 12.8 Å². The average Bonchev–Trinajstić information content (AvgIpc) is 2.70. The molecule has 1 N–H and O–H groups in total. The first kappa shape index (κ1) is 11.5. The summed E-state index contributed by atoms with van der Waals surface area (Å²) >= 11 is 0. The summed E-state index contributed by atoms with van der Waals surface area (Å²) in [7, 11) is -3.29. The molecule has 0 amide bonds. The second kappa shape index (κ2) is 4.51. The second-order valence-corrected chi connectivity index (χ2v) is 6.06. The largest absolute Gasteiger partial charge is 0.313 e. The number of halogens is 1. The summed E-state index contributed by atoms with van der Waals surface area (Å²) in [5, 5.41) is 3.14. The molecule has 1 unspecified atom stereocenters. The third-order valence-corrected chi connectivity index (χ3v) is 4.59. The minimum absolute atomic E-state index is 0.0371. The maximum Gasteiger partial charge on any atom is 0.179 e. The van der Waals surface area contributed by atoms with Crippen LogP contribution in [-0.4, -0.2) is 26.8 Å². The molecule has 1 aromatic rings. The molecular formula is C11H14FNO2S. The molecule has 2 rings (SSSR count). The van der Waals surface area contributed by atoms with Gasteiger partial charge in [-0.2, -0.15) is 0 Å². The zero-order valence-electron chi connectivity index (χ0n) is 8.82. The van der Waals surface area contributed by atoms with Gasteiger partial charge >= 0.3 is 0 Å². The molecule has 1 aliphatic heterocycles. The maximum atomic E-state index is 12.7. The van der Waals surface area contributed by atoms with Gasteiger partial charge in [0, 0.05) is 6.04 Å². The molecule has 0 aromatic heterocycles. The topological polar surface area (TPSA) is 46.2 Å². The summed E-state index contributed by atoms with van der Waals surface area (Å²) in [5.74, 6) is -0.323. The molecule has 1 saturated heterocycles. The van der Waals surface area contributed by atoms with Crippen LogP contribution < -0.4 is 5.32 Å². The molecular weight excluding hydrogens is 229 g/mol. The van der Waals surface area contributed by atoms with E-state index in [0.717, 1.165) is 19.4 Å². The van der Waals surface area contributed by atoms with Crippen LogP contribution in [0.5, 0.6) is 0 Å². The van der Waals surface area contributed by atoms with Crippen LogP contribution in [0, 0.1) is 5.82 Å². The van der Waals surface area contributed by atoms with E-state index in [2.05, 4.69) is 5.32 Å². The smallest absolute Gasteiger partial charge is 0.179 e. The van der Waals surface area contributed by atoms with Gasteiger partial charge in [-0.15, -0.1) is 0 Å². The first-order valence-corrected chi connectivity index (χ1v) is 6.95. The van der Waals surface area contributed by atoms with Crippen LogP contribution in [0.3, 0.4) is 0 Å². The first-order valence-electron chi connectivity index (χ1n) is 5.30. The summed E-state index contributed by atoms with van der Waals surface area (Å²) < 4.78 is 36.5. The molecule has 88 valence electrons. The summed E-state index contributed by atoms with van der Waals surface area (Å²) in [4.78, 5) is 0.197. The number of hydrogen-bond acceptors (Lipinski definition) is 3. The molecule has 1 aromatic carbocycles. The number of hydrogen-bond donors (Lipinski definition) is 1. The summed E-state index contributed by atoms with van der Waals surface area (Å²) in [6, 6.07) is 5.03. The monoisotopic (exact) mass is 243 g/mol. The Hall–Kier alpha value is -0.940. The standard InChI is InChI=1S/C11H14FNO2S/c12-9-3-5-11(6-4-9)16(14,15)8-10-2-1-7-13-10/h3-6,10,13H,1-2,7-8H2. The molecule has 3 nitrogen and oxygen atoms in total. The highest BCUT2D eigenvalue weighted by atomic mass is 32.2. The van der Waals surface area contributed by atoms with Crippen molar-refractivity contribution in [1.29, 1.82) is 0 Å². The molecule has 0 saturated carbocycles. The van der Waals surface area contributed by atoms with Crippen LogP contribution in [0.4, 0.5) is 4.39 Å². The third-order valence-electron chi connectivity index (χ3n) is 2.76. The van der Waals surface area contributed by atoms with Gasteiger partial charge in [-0.3, -0.25) is 0 Å². The lowest BCUT2D eigenvalue weighted by molar-refractivity contribution is 0.576. The predicted octanol–water partition coefficient (Wildman–Crippen LogP) is 1.35. The van der Waals surface area contributed by atoms with Gasteiger partial charge in [-0.1, -0.05) is 0 Å². The van der Waals surface area contributed by atoms with E-state index >= 15 is 0 Å². The van der Waals surface area contributed by atoms with E-state index in [9.17, 15) is 12.8 Å². The van der Waals surface area contributed by atoms with Crippen LogP contribution >= 0.6 is 0 Å². The molecule has 1 fully saturated rings. The van der Waals surface area contributed by atoms with E-state index in [1.54, 1.807) is 0 Å². The molecule has 1 aliphatic rings. The Balaban J connectivity index is 2.14. The highest BCUT2D eigenvalue weighted by Gasteiger charge is 2.23. The van der Waals surface area contributed by atoms with E-state index < -0.39 is 15.7 Å². The lowest BCUT2D eigenvalue weighted by Gasteiger charge is -2.10. The van der Waals surface area contributed by atoms with Crippen molar-refractivity contribution >= 4 is 9.84 Å². The van der Waals surface area contributed by atoms with Crippen molar-refractivity contribution in [2.45, 2.75) is 23.8 Å². The van der Waals surface area contributed by atoms with Gasteiger partial charge in [0.1, 0.15) is 5.82 Å². The average molecular weight is 243 g/mol.